The predicted octanol–water partition coefficient (Wildman–Crippen LogP) is 4.33. The molecule has 2 aromatic rings. The van der Waals surface area contributed by atoms with E-state index in [-0.39, 0.29) is 22.6 Å². The van der Waals surface area contributed by atoms with Gasteiger partial charge in [-0.15, -0.1) is 0 Å². The summed E-state index contributed by atoms with van der Waals surface area (Å²) >= 11 is 12.1. The molecule has 0 saturated carbocycles. The van der Waals surface area contributed by atoms with Crippen molar-refractivity contribution in [2.45, 2.75) is 20.8 Å². The number of carbonyl (C=O) groups is 2. The quantitative estimate of drug-likeness (QED) is 0.205. The van der Waals surface area contributed by atoms with Gasteiger partial charge in [0.05, 0.1) is 32.7 Å². The number of carboxylic acid groups (broad SMARTS) is 2. The lowest BCUT2D eigenvalue weighted by Gasteiger charge is -2.30. The minimum Gasteiger partial charge on any atom is -0.545 e. The van der Waals surface area contributed by atoms with E-state index in [9.17, 15) is 14.7 Å². The third-order valence-electron chi connectivity index (χ3n) is 4.68. The van der Waals surface area contributed by atoms with E-state index in [1.54, 1.807) is 24.3 Å². The van der Waals surface area contributed by atoms with Crippen LogP contribution in [0, 0.1) is 0 Å². The van der Waals surface area contributed by atoms with Gasteiger partial charge in [-0.3, -0.25) is 0 Å². The number of alkyl halides is 1. The van der Waals surface area contributed by atoms with E-state index in [1.807, 2.05) is 0 Å². The smallest absolute Gasteiger partial charge is 0.339 e. The molecule has 11 heteroatoms. The maximum Gasteiger partial charge on any atom is 0.339 e. The van der Waals surface area contributed by atoms with Crippen molar-refractivity contribution in [2.75, 3.05) is 31.2 Å². The van der Waals surface area contributed by atoms with Crippen LogP contribution < -0.4 is 19.4 Å². The predicted molar refractivity (Wildman–Crippen MR) is 138 cm³/mol. The van der Waals surface area contributed by atoms with Gasteiger partial charge in [0.2, 0.25) is 0 Å². The molecule has 8 nitrogen and oxygen atoms in total. The monoisotopic (exact) mass is 616 g/mol. The Balaban J connectivity index is 0. The summed E-state index contributed by atoms with van der Waals surface area (Å²) in [5.41, 5.74) is 4.84. The number of aromatic carboxylic acids is 2. The van der Waals surface area contributed by atoms with Crippen LogP contribution in [0.3, 0.4) is 0 Å². The van der Waals surface area contributed by atoms with Crippen molar-refractivity contribution in [3.05, 3.63) is 59.7 Å². The number of nitrogens with zero attached hydrogens (tertiary/aromatic N) is 1. The Kier molecular flexibility index (Phi) is 19.9. The molecule has 0 bridgehead atoms. The molecule has 0 aromatic heterocycles. The van der Waals surface area contributed by atoms with Crippen molar-refractivity contribution in [1.29, 1.82) is 0 Å². The van der Waals surface area contributed by atoms with Gasteiger partial charge < -0.3 is 33.8 Å². The second-order valence-electron chi connectivity index (χ2n) is 6.46. The minimum absolute atomic E-state index is 0.0532. The molecule has 3 N–H and O–H groups in total. The van der Waals surface area contributed by atoms with Crippen molar-refractivity contribution in [1.82, 2.24) is 0 Å². The van der Waals surface area contributed by atoms with E-state index < -0.39 is 11.9 Å². The lowest BCUT2D eigenvalue weighted by molar-refractivity contribution is -0.904. The molecule has 0 aliphatic heterocycles. The largest absolute Gasteiger partial charge is 0.545 e. The summed E-state index contributed by atoms with van der Waals surface area (Å²) in [6, 6.07) is 12.1. The van der Waals surface area contributed by atoms with E-state index in [1.165, 1.54) is 48.4 Å². The highest BCUT2D eigenvalue weighted by Crippen LogP contribution is 2.18. The lowest BCUT2D eigenvalue weighted by atomic mass is 10.2. The molecule has 0 heterocycles. The molecular formula is C22H31Cl2IN2O6. The van der Waals surface area contributed by atoms with E-state index in [0.29, 0.717) is 0 Å². The highest BCUT2D eigenvalue weighted by atomic mass is 127. The number of rotatable bonds is 7. The average Bonchev–Trinajstić information content (AvgIpc) is 2.84. The molecule has 186 valence electrons. The van der Waals surface area contributed by atoms with Crippen molar-refractivity contribution in [3.8, 4) is 11.5 Å². The number of carbonyl (C=O) groups excluding carboxylic acids is 1. The van der Waals surface area contributed by atoms with Crippen LogP contribution in [0.15, 0.2) is 48.5 Å². The SMILES string of the molecule is CC[N+](C)(CC)CC.NCI.O=C(O)c1ccccc1OCl.O=C([O-])c1ccccc1OCl. The number of benzene rings is 2. The molecule has 0 aliphatic rings. The van der Waals surface area contributed by atoms with Crippen LogP contribution in [0.2, 0.25) is 0 Å². The molecule has 0 saturated heterocycles. The van der Waals surface area contributed by atoms with Gasteiger partial charge in [-0.1, -0.05) is 46.9 Å². The Bertz CT molecular complexity index is 757. The van der Waals surface area contributed by atoms with Crippen LogP contribution >= 0.6 is 46.3 Å². The number of nitrogens with two attached hydrogens (primary N) is 1. The number of carboxylic acids is 2. The first-order chi connectivity index (χ1) is 15.6. The van der Waals surface area contributed by atoms with Crippen molar-refractivity contribution < 1.29 is 32.9 Å². The maximum atomic E-state index is 10.4. The Hall–Kier alpha value is -1.79. The molecule has 0 unspecified atom stereocenters. The molecule has 2 rings (SSSR count). The van der Waals surface area contributed by atoms with Crippen LogP contribution in [0.4, 0.5) is 0 Å². The Morgan fingerprint density at radius 1 is 0.939 bits per heavy atom. The second kappa shape index (κ2) is 19.7. The van der Waals surface area contributed by atoms with Gasteiger partial charge >= 0.3 is 5.97 Å². The molecule has 33 heavy (non-hydrogen) atoms. The highest BCUT2D eigenvalue weighted by molar-refractivity contribution is 14.1. The van der Waals surface area contributed by atoms with Crippen molar-refractivity contribution in [2.24, 2.45) is 5.73 Å². The number of hydrogen-bond donors (Lipinski definition) is 2. The molecule has 0 radical (unpaired) electrons. The third kappa shape index (κ3) is 14.2. The zero-order chi connectivity index (χ0) is 25.9. The summed E-state index contributed by atoms with van der Waals surface area (Å²) in [5.74, 6) is -2.11. The summed E-state index contributed by atoms with van der Waals surface area (Å²) in [4.78, 5) is 20.8. The summed E-state index contributed by atoms with van der Waals surface area (Å²) in [6.45, 7) is 10.5. The van der Waals surface area contributed by atoms with Gasteiger partial charge in [0.25, 0.3) is 0 Å². The van der Waals surface area contributed by atoms with Crippen LogP contribution in [-0.2, 0) is 0 Å². The van der Waals surface area contributed by atoms with Crippen LogP contribution in [0.5, 0.6) is 11.5 Å². The van der Waals surface area contributed by atoms with Gasteiger partial charge in [0, 0.05) is 10.1 Å². The van der Waals surface area contributed by atoms with Crippen molar-refractivity contribution >= 4 is 58.3 Å². The van der Waals surface area contributed by atoms with Gasteiger partial charge in [-0.25, -0.2) is 4.79 Å². The topological polar surface area (TPSA) is 122 Å². The number of hydrogen-bond acceptors (Lipinski definition) is 6. The fourth-order valence-corrected chi connectivity index (χ4v) is 2.35. The van der Waals surface area contributed by atoms with Crippen LogP contribution in [0.25, 0.3) is 0 Å². The fourth-order valence-electron chi connectivity index (χ4n) is 2.08. The Morgan fingerprint density at radius 3 is 1.48 bits per heavy atom. The van der Waals surface area contributed by atoms with Gasteiger partial charge in [-0.2, -0.15) is 0 Å². The summed E-state index contributed by atoms with van der Waals surface area (Å²) in [7, 11) is 2.29. The van der Waals surface area contributed by atoms with E-state index >= 15 is 0 Å². The standard InChI is InChI=1S/2C7H5ClO3.C7H18N.CH4IN/c2*8-11-6-4-2-1-3-5(6)7(9)10;1-5-8(4,6-2)7-3;2-1-3/h2*1-4H,(H,9,10);5-7H2,1-4H3;1,3H2/q;;+1;/p-1. The van der Waals surface area contributed by atoms with E-state index in [0.717, 1.165) is 4.55 Å². The van der Waals surface area contributed by atoms with Crippen LogP contribution in [0.1, 0.15) is 41.5 Å². The number of para-hydroxylation sites is 2. The first kappa shape index (κ1) is 33.4. The lowest BCUT2D eigenvalue weighted by Crippen LogP contribution is -2.42. The number of quaternary nitrogens is 1. The average molecular weight is 617 g/mol. The summed E-state index contributed by atoms with van der Waals surface area (Å²) < 4.78 is 10.5. The fraction of sp³-hybridized carbons (Fsp3) is 0.364. The molecular weight excluding hydrogens is 586 g/mol. The van der Waals surface area contributed by atoms with E-state index in [2.05, 4.69) is 59.0 Å². The molecule has 0 atom stereocenters. The summed E-state index contributed by atoms with van der Waals surface area (Å²) in [6.07, 6.45) is 0. The maximum absolute atomic E-state index is 10.4. The zero-order valence-electron chi connectivity index (χ0n) is 19.1. The van der Waals surface area contributed by atoms with Gasteiger partial charge in [-0.05, 0) is 45.0 Å². The zero-order valence-corrected chi connectivity index (χ0v) is 22.8. The minimum atomic E-state index is -1.30. The Labute approximate surface area is 219 Å². The molecule has 0 spiro atoms. The normalized spacial score (nSPS) is 9.58. The second-order valence-corrected chi connectivity index (χ2v) is 7.65. The molecule has 2 aromatic carbocycles. The summed E-state index contributed by atoms with van der Waals surface area (Å²) in [5, 5.41) is 18.9. The first-order valence-corrected chi connectivity index (χ1v) is 12.0. The molecule has 0 aliphatic carbocycles. The van der Waals surface area contributed by atoms with Crippen molar-refractivity contribution in [3.63, 3.8) is 0 Å². The Morgan fingerprint density at radius 2 is 1.27 bits per heavy atom. The van der Waals surface area contributed by atoms with E-state index in [4.69, 9.17) is 34.6 Å². The third-order valence-corrected chi connectivity index (χ3v) is 5.01. The van der Waals surface area contributed by atoms with Gasteiger partial charge in [0.15, 0.2) is 11.5 Å². The highest BCUT2D eigenvalue weighted by Gasteiger charge is 2.11. The molecule has 0 fully saturated rings. The molecule has 0 amide bonds. The first-order valence-electron chi connectivity index (χ1n) is 9.90. The van der Waals surface area contributed by atoms with Gasteiger partial charge in [0.1, 0.15) is 29.3 Å². The number of halogens is 3. The van der Waals surface area contributed by atoms with Crippen LogP contribution in [-0.4, -0.2) is 52.8 Å².